The molecule has 3 aliphatic carbocycles. The normalized spacial score (nSPS) is 21.9. The van der Waals surface area contributed by atoms with Crippen molar-refractivity contribution in [2.75, 3.05) is 40.7 Å². The Balaban J connectivity index is 0.892. The molecule has 338 valence electrons. The molecule has 6 aliphatic rings. The number of amides is 3. The summed E-state index contributed by atoms with van der Waals surface area (Å²) in [4.78, 5) is 58.1. The molecule has 1 saturated heterocycles. The molecule has 3 aliphatic heterocycles. The monoisotopic (exact) mass is 873 g/mol. The number of nitrogens with one attached hydrogen (secondary N) is 2. The van der Waals surface area contributed by atoms with Gasteiger partial charge in [0, 0.05) is 36.2 Å². The summed E-state index contributed by atoms with van der Waals surface area (Å²) in [7, 11) is 3.25. The zero-order valence-electron chi connectivity index (χ0n) is 37.2. The fourth-order valence-corrected chi connectivity index (χ4v) is 10.8. The number of aromatic amines is 1. The topological polar surface area (TPSA) is 170 Å². The van der Waals surface area contributed by atoms with E-state index in [0.717, 1.165) is 75.5 Å². The van der Waals surface area contributed by atoms with E-state index >= 15 is 0 Å². The molecule has 2 aromatic carbocycles. The van der Waals surface area contributed by atoms with Gasteiger partial charge in [0.25, 0.3) is 5.91 Å². The largest absolute Gasteiger partial charge is 0.493 e. The minimum Gasteiger partial charge on any atom is -0.493 e. The van der Waals surface area contributed by atoms with Gasteiger partial charge < -0.3 is 38.9 Å². The fraction of sp³-hybridized carbons (Fsp3) is 0.551. The highest BCUT2D eigenvalue weighted by molar-refractivity contribution is 6.11. The molecule has 15 heteroatoms. The molecule has 0 bridgehead atoms. The SMILES string of the molecule is COc1ccc(C2=NN(C3CCN(C(=O)[C@H](CC4CCCCC4)NC(=O)c4c(C)[nH]c5c(-c6c(OCC7CC7)ccc7c6OCO7)ncnc45)CC3)C(=O)[C@@H]3CCCC[C@H]23)cc1OC. The van der Waals surface area contributed by atoms with Crippen LogP contribution in [-0.4, -0.2) is 101 Å². The number of nitrogens with zero attached hydrogens (tertiary/aromatic N) is 5. The maximum Gasteiger partial charge on any atom is 0.255 e. The number of aryl methyl sites for hydroxylation is 1. The zero-order chi connectivity index (χ0) is 43.9. The Hall–Kier alpha value is -5.86. The lowest BCUT2D eigenvalue weighted by atomic mass is 9.73. The highest BCUT2D eigenvalue weighted by atomic mass is 16.7. The Labute approximate surface area is 373 Å². The third-order valence-corrected chi connectivity index (χ3v) is 14.5. The van der Waals surface area contributed by atoms with Crippen LogP contribution in [-0.2, 0) is 9.59 Å². The van der Waals surface area contributed by atoms with Crippen LogP contribution in [0.15, 0.2) is 41.8 Å². The second-order valence-electron chi connectivity index (χ2n) is 18.6. The molecule has 4 fully saturated rings. The van der Waals surface area contributed by atoms with E-state index in [1.165, 1.54) is 12.7 Å². The van der Waals surface area contributed by atoms with Crippen LogP contribution in [0.25, 0.3) is 22.3 Å². The first-order chi connectivity index (χ1) is 31.3. The van der Waals surface area contributed by atoms with Crippen LogP contribution >= 0.6 is 0 Å². The molecule has 3 amide bonds. The lowest BCUT2D eigenvalue weighted by Gasteiger charge is -2.44. The first-order valence-electron chi connectivity index (χ1n) is 23.4. The summed E-state index contributed by atoms with van der Waals surface area (Å²) in [5, 5.41) is 10.1. The summed E-state index contributed by atoms with van der Waals surface area (Å²) >= 11 is 0. The molecule has 0 unspecified atom stereocenters. The van der Waals surface area contributed by atoms with Crippen molar-refractivity contribution in [3.05, 3.63) is 53.5 Å². The fourth-order valence-electron chi connectivity index (χ4n) is 10.8. The van der Waals surface area contributed by atoms with Crippen molar-refractivity contribution in [1.82, 2.24) is 30.2 Å². The smallest absolute Gasteiger partial charge is 0.255 e. The maximum absolute atomic E-state index is 14.7. The molecular formula is C49H59N7O8. The van der Waals surface area contributed by atoms with E-state index in [2.05, 4.69) is 15.3 Å². The van der Waals surface area contributed by atoms with Gasteiger partial charge >= 0.3 is 0 Å². The quantitative estimate of drug-likeness (QED) is 0.137. The minimum atomic E-state index is -0.725. The summed E-state index contributed by atoms with van der Waals surface area (Å²) in [5.74, 6) is 3.45. The highest BCUT2D eigenvalue weighted by Gasteiger charge is 2.45. The van der Waals surface area contributed by atoms with Crippen molar-refractivity contribution in [2.45, 2.75) is 109 Å². The molecule has 3 saturated carbocycles. The molecular weight excluding hydrogens is 815 g/mol. The Morgan fingerprint density at radius 3 is 2.38 bits per heavy atom. The number of piperidine rings is 1. The van der Waals surface area contributed by atoms with Crippen LogP contribution in [0.1, 0.15) is 112 Å². The van der Waals surface area contributed by atoms with Crippen molar-refractivity contribution < 1.29 is 38.1 Å². The van der Waals surface area contributed by atoms with Crippen LogP contribution in [0.2, 0.25) is 0 Å². The van der Waals surface area contributed by atoms with Gasteiger partial charge in [-0.05, 0) is 94.0 Å². The van der Waals surface area contributed by atoms with Crippen LogP contribution in [0.4, 0.5) is 0 Å². The molecule has 15 nitrogen and oxygen atoms in total. The number of likely N-dealkylation sites (tertiary alicyclic amines) is 1. The van der Waals surface area contributed by atoms with Gasteiger partial charge in [0.1, 0.15) is 29.3 Å². The third kappa shape index (κ3) is 8.10. The van der Waals surface area contributed by atoms with Crippen LogP contribution < -0.4 is 29.0 Å². The number of hydrogen-bond acceptors (Lipinski definition) is 11. The second kappa shape index (κ2) is 18.0. The van der Waals surface area contributed by atoms with Crippen molar-refractivity contribution in [1.29, 1.82) is 0 Å². The molecule has 64 heavy (non-hydrogen) atoms. The van der Waals surface area contributed by atoms with Crippen LogP contribution in [0, 0.1) is 30.6 Å². The van der Waals surface area contributed by atoms with Gasteiger partial charge in [-0.3, -0.25) is 14.4 Å². The number of carbonyl (C=O) groups is 3. The van der Waals surface area contributed by atoms with Gasteiger partial charge in [-0.25, -0.2) is 15.0 Å². The number of rotatable bonds is 13. The van der Waals surface area contributed by atoms with E-state index in [9.17, 15) is 14.4 Å². The Morgan fingerprint density at radius 2 is 1.61 bits per heavy atom. The second-order valence-corrected chi connectivity index (χ2v) is 18.6. The summed E-state index contributed by atoms with van der Waals surface area (Å²) < 4.78 is 29.2. The van der Waals surface area contributed by atoms with E-state index in [4.69, 9.17) is 33.8 Å². The van der Waals surface area contributed by atoms with Gasteiger partial charge in [0.15, 0.2) is 23.0 Å². The summed E-state index contributed by atoms with van der Waals surface area (Å²) in [6.07, 6.45) is 14.8. The third-order valence-electron chi connectivity index (χ3n) is 14.5. The van der Waals surface area contributed by atoms with E-state index in [-0.39, 0.29) is 42.4 Å². The van der Waals surface area contributed by atoms with Gasteiger partial charge in [-0.1, -0.05) is 44.9 Å². The van der Waals surface area contributed by atoms with E-state index in [0.29, 0.717) is 113 Å². The van der Waals surface area contributed by atoms with Crippen molar-refractivity contribution in [3.8, 4) is 40.0 Å². The van der Waals surface area contributed by atoms with Gasteiger partial charge in [0.05, 0.1) is 49.2 Å². The molecule has 0 spiro atoms. The minimum absolute atomic E-state index is 0.0476. The first-order valence-corrected chi connectivity index (χ1v) is 23.4. The standard InChI is InChI=1S/C49H59N7O8/c1-28-40(43-45(52-28)44(51-26-50-43)41-37(62-25-30-13-14-30)17-18-38-46(41)64-27-63-38)47(57)53-35(23-29-9-5-4-6-10-29)49(59)55-21-19-32(20-22-55)56-48(58)34-12-8-7-11-33(34)42(54-56)31-15-16-36(60-2)39(24-31)61-3/h15-18,24,26,29-30,32-35,52H,4-14,19-23,25,27H2,1-3H3,(H,53,57)/t33-,34+,35-/m0/s1. The molecule has 4 aromatic rings. The van der Waals surface area contributed by atoms with Crippen LogP contribution in [0.3, 0.4) is 0 Å². The highest BCUT2D eigenvalue weighted by Crippen LogP contribution is 2.49. The number of benzene rings is 2. The number of hydrogen-bond donors (Lipinski definition) is 2. The van der Waals surface area contributed by atoms with Crippen molar-refractivity contribution in [3.63, 3.8) is 0 Å². The molecule has 10 rings (SSSR count). The zero-order valence-corrected chi connectivity index (χ0v) is 37.2. The number of methoxy groups -OCH3 is 2. The summed E-state index contributed by atoms with van der Waals surface area (Å²) in [5.41, 5.74) is 5.06. The molecule has 5 heterocycles. The number of hydrazone groups is 1. The van der Waals surface area contributed by atoms with E-state index in [1.807, 2.05) is 42.2 Å². The summed E-state index contributed by atoms with van der Waals surface area (Å²) in [6.45, 7) is 3.44. The summed E-state index contributed by atoms with van der Waals surface area (Å²) in [6, 6.07) is 8.73. The molecule has 2 N–H and O–H groups in total. The van der Waals surface area contributed by atoms with Gasteiger partial charge in [0.2, 0.25) is 18.6 Å². The Morgan fingerprint density at radius 1 is 0.859 bits per heavy atom. The number of aromatic nitrogens is 3. The molecule has 2 aromatic heterocycles. The number of fused-ring (bicyclic) bond motifs is 3. The van der Waals surface area contributed by atoms with Gasteiger partial charge in [-0.15, -0.1) is 0 Å². The van der Waals surface area contributed by atoms with Gasteiger partial charge in [-0.2, -0.15) is 5.10 Å². The van der Waals surface area contributed by atoms with Crippen molar-refractivity contribution in [2.24, 2.45) is 28.8 Å². The molecule has 0 radical (unpaired) electrons. The van der Waals surface area contributed by atoms with E-state index in [1.54, 1.807) is 19.2 Å². The Bertz CT molecular complexity index is 2450. The first kappa shape index (κ1) is 42.1. The lowest BCUT2D eigenvalue weighted by molar-refractivity contribution is -0.143. The average molecular weight is 874 g/mol. The number of ether oxygens (including phenoxy) is 5. The maximum atomic E-state index is 14.7. The van der Waals surface area contributed by atoms with Crippen molar-refractivity contribution >= 4 is 34.5 Å². The predicted molar refractivity (Wildman–Crippen MR) is 239 cm³/mol. The van der Waals surface area contributed by atoms with E-state index < -0.39 is 6.04 Å². The number of carbonyl (C=O) groups excluding carboxylic acids is 3. The lowest BCUT2D eigenvalue weighted by Crippen LogP contribution is -2.55. The predicted octanol–water partition coefficient (Wildman–Crippen LogP) is 7.58. The average Bonchev–Trinajstić information content (AvgIpc) is 3.92. The Kier molecular flexibility index (Phi) is 11.8. The number of H-pyrrole nitrogens is 1. The molecule has 3 atom stereocenters. The van der Waals surface area contributed by atoms with Crippen LogP contribution in [0.5, 0.6) is 28.7 Å².